The maximum Gasteiger partial charge on any atom is 0.264 e. The number of amides is 1. The molecule has 0 spiro atoms. The van der Waals surface area contributed by atoms with E-state index in [-0.39, 0.29) is 18.1 Å². The monoisotopic (exact) mass is 319 g/mol. The van der Waals surface area contributed by atoms with Gasteiger partial charge in [-0.25, -0.2) is 0 Å². The van der Waals surface area contributed by atoms with E-state index in [1.54, 1.807) is 18.4 Å². The number of methoxy groups -OCH3 is 1. The average Bonchev–Trinajstić information content (AvgIpc) is 2.88. The maximum absolute atomic E-state index is 13.0. The Morgan fingerprint density at radius 3 is 2.95 bits per heavy atom. The van der Waals surface area contributed by atoms with Crippen LogP contribution in [0.3, 0.4) is 0 Å². The van der Waals surface area contributed by atoms with Crippen molar-refractivity contribution in [3.05, 3.63) is 34.7 Å². The van der Waals surface area contributed by atoms with Gasteiger partial charge in [-0.15, -0.1) is 11.3 Å². The van der Waals surface area contributed by atoms with Crippen molar-refractivity contribution in [2.45, 2.75) is 32.6 Å². The number of ether oxygens (including phenoxy) is 2. The fraction of sp³-hybridized carbons (Fsp3) is 0.471. The van der Waals surface area contributed by atoms with Gasteiger partial charge < -0.3 is 14.4 Å². The van der Waals surface area contributed by atoms with Crippen LogP contribution in [0.1, 0.15) is 29.1 Å². The van der Waals surface area contributed by atoms with E-state index < -0.39 is 0 Å². The predicted molar refractivity (Wildman–Crippen MR) is 88.5 cm³/mol. The SMILES string of the molecule is COCc1c(C(=O)N2C[C@@H](C)OC[C@@H]2C)sc2ccccc12. The number of fused-ring (bicyclic) bond motifs is 1. The molecule has 2 aromatic rings. The minimum absolute atomic E-state index is 0.0837. The highest BCUT2D eigenvalue weighted by Gasteiger charge is 2.31. The van der Waals surface area contributed by atoms with Crippen LogP contribution in [0.25, 0.3) is 10.1 Å². The number of hydrogen-bond donors (Lipinski definition) is 0. The second-order valence-corrected chi connectivity index (χ2v) is 6.84. The molecule has 1 saturated heterocycles. The molecule has 1 aromatic heterocycles. The number of carbonyl (C=O) groups is 1. The molecule has 0 N–H and O–H groups in total. The number of hydrogen-bond acceptors (Lipinski definition) is 4. The molecule has 2 atom stereocenters. The topological polar surface area (TPSA) is 38.8 Å². The van der Waals surface area contributed by atoms with Crippen molar-refractivity contribution in [1.29, 1.82) is 0 Å². The van der Waals surface area contributed by atoms with Gasteiger partial charge in [0.2, 0.25) is 0 Å². The van der Waals surface area contributed by atoms with E-state index in [0.717, 1.165) is 20.5 Å². The molecular weight excluding hydrogens is 298 g/mol. The van der Waals surface area contributed by atoms with Crippen LogP contribution in [0.4, 0.5) is 0 Å². The molecule has 0 radical (unpaired) electrons. The highest BCUT2D eigenvalue weighted by atomic mass is 32.1. The quantitative estimate of drug-likeness (QED) is 0.871. The van der Waals surface area contributed by atoms with Crippen LogP contribution in [0.15, 0.2) is 24.3 Å². The van der Waals surface area contributed by atoms with Gasteiger partial charge in [-0.05, 0) is 25.3 Å². The number of morpholine rings is 1. The van der Waals surface area contributed by atoms with Gasteiger partial charge in [-0.2, -0.15) is 0 Å². The van der Waals surface area contributed by atoms with Crippen molar-refractivity contribution in [3.63, 3.8) is 0 Å². The standard InChI is InChI=1S/C17H21NO3S/c1-11-9-21-12(2)8-18(11)17(19)16-14(10-20-3)13-6-4-5-7-15(13)22-16/h4-7,11-12H,8-10H2,1-3H3/t11-,12+/m0/s1. The van der Waals surface area contributed by atoms with Crippen LogP contribution in [0, 0.1) is 0 Å². The first-order valence-electron chi connectivity index (χ1n) is 7.53. The minimum Gasteiger partial charge on any atom is -0.380 e. The van der Waals surface area contributed by atoms with Gasteiger partial charge in [0.25, 0.3) is 5.91 Å². The minimum atomic E-state index is 0.0837. The Kier molecular flexibility index (Phi) is 4.47. The lowest BCUT2D eigenvalue weighted by Gasteiger charge is -2.36. The third kappa shape index (κ3) is 2.76. The Hall–Kier alpha value is -1.43. The summed E-state index contributed by atoms with van der Waals surface area (Å²) in [7, 11) is 1.67. The van der Waals surface area contributed by atoms with Gasteiger partial charge in [0.15, 0.2) is 0 Å². The molecule has 22 heavy (non-hydrogen) atoms. The zero-order valence-corrected chi connectivity index (χ0v) is 14.0. The smallest absolute Gasteiger partial charge is 0.264 e. The summed E-state index contributed by atoms with van der Waals surface area (Å²) >= 11 is 1.56. The van der Waals surface area contributed by atoms with Gasteiger partial charge in [-0.1, -0.05) is 18.2 Å². The predicted octanol–water partition coefficient (Wildman–Crippen LogP) is 3.30. The van der Waals surface area contributed by atoms with E-state index in [1.165, 1.54) is 0 Å². The molecule has 118 valence electrons. The lowest BCUT2D eigenvalue weighted by atomic mass is 10.1. The van der Waals surface area contributed by atoms with Crippen molar-refractivity contribution in [2.24, 2.45) is 0 Å². The van der Waals surface area contributed by atoms with Gasteiger partial charge in [-0.3, -0.25) is 4.79 Å². The third-order valence-corrected chi connectivity index (χ3v) is 5.25. The molecule has 0 bridgehead atoms. The van der Waals surface area contributed by atoms with Gasteiger partial charge in [0.05, 0.1) is 30.2 Å². The average molecular weight is 319 g/mol. The number of carbonyl (C=O) groups excluding carboxylic acids is 1. The summed E-state index contributed by atoms with van der Waals surface area (Å²) in [5, 5.41) is 1.12. The molecule has 3 rings (SSSR count). The molecule has 0 aliphatic carbocycles. The lowest BCUT2D eigenvalue weighted by Crippen LogP contribution is -2.50. The Morgan fingerprint density at radius 1 is 1.41 bits per heavy atom. The van der Waals surface area contributed by atoms with Gasteiger partial charge in [0, 0.05) is 23.9 Å². The van der Waals surface area contributed by atoms with Crippen molar-refractivity contribution < 1.29 is 14.3 Å². The normalized spacial score (nSPS) is 22.2. The second-order valence-electron chi connectivity index (χ2n) is 5.79. The molecule has 4 nitrogen and oxygen atoms in total. The third-order valence-electron chi connectivity index (χ3n) is 4.05. The molecule has 0 saturated carbocycles. The largest absolute Gasteiger partial charge is 0.380 e. The van der Waals surface area contributed by atoms with Crippen molar-refractivity contribution in [1.82, 2.24) is 4.90 Å². The number of rotatable bonds is 3. The van der Waals surface area contributed by atoms with Crippen LogP contribution < -0.4 is 0 Å². The molecule has 1 aliphatic rings. The molecule has 5 heteroatoms. The first-order chi connectivity index (χ1) is 10.6. The Morgan fingerprint density at radius 2 is 2.18 bits per heavy atom. The fourth-order valence-electron chi connectivity index (χ4n) is 2.88. The summed E-state index contributed by atoms with van der Waals surface area (Å²) in [6, 6.07) is 8.22. The molecule has 1 fully saturated rings. The summed E-state index contributed by atoms with van der Waals surface area (Å²) < 4.78 is 12.1. The Labute approximate surface area is 134 Å². The fourth-order valence-corrected chi connectivity index (χ4v) is 4.04. The number of nitrogens with zero attached hydrogens (tertiary/aromatic N) is 1. The number of benzene rings is 1. The zero-order valence-electron chi connectivity index (χ0n) is 13.2. The Bertz CT molecular complexity index is 682. The number of thiophene rings is 1. The lowest BCUT2D eigenvalue weighted by molar-refractivity contribution is -0.0386. The van der Waals surface area contributed by atoms with E-state index >= 15 is 0 Å². The summed E-state index contributed by atoms with van der Waals surface area (Å²) in [5.41, 5.74) is 0.999. The zero-order chi connectivity index (χ0) is 15.7. The van der Waals surface area contributed by atoms with Crippen LogP contribution in [-0.2, 0) is 16.1 Å². The molecule has 1 amide bonds. The van der Waals surface area contributed by atoms with E-state index in [2.05, 4.69) is 12.1 Å². The first kappa shape index (κ1) is 15.5. The van der Waals surface area contributed by atoms with E-state index in [1.807, 2.05) is 30.9 Å². The van der Waals surface area contributed by atoms with Gasteiger partial charge >= 0.3 is 0 Å². The summed E-state index contributed by atoms with van der Waals surface area (Å²) in [6.07, 6.45) is 0.0837. The van der Waals surface area contributed by atoms with Crippen molar-refractivity contribution in [3.8, 4) is 0 Å². The molecule has 1 aromatic carbocycles. The van der Waals surface area contributed by atoms with Gasteiger partial charge in [0.1, 0.15) is 0 Å². The highest BCUT2D eigenvalue weighted by molar-refractivity contribution is 7.21. The molecule has 1 aliphatic heterocycles. The summed E-state index contributed by atoms with van der Waals surface area (Å²) in [4.78, 5) is 15.8. The van der Waals surface area contributed by atoms with Crippen molar-refractivity contribution >= 4 is 27.3 Å². The van der Waals surface area contributed by atoms with E-state index in [4.69, 9.17) is 9.47 Å². The summed E-state index contributed by atoms with van der Waals surface area (Å²) in [6.45, 7) is 5.73. The second kappa shape index (κ2) is 6.36. The summed E-state index contributed by atoms with van der Waals surface area (Å²) in [5.74, 6) is 0.0934. The van der Waals surface area contributed by atoms with Crippen molar-refractivity contribution in [2.75, 3.05) is 20.3 Å². The molecule has 2 heterocycles. The van der Waals surface area contributed by atoms with Crippen LogP contribution >= 0.6 is 11.3 Å². The maximum atomic E-state index is 13.0. The van der Waals surface area contributed by atoms with E-state index in [9.17, 15) is 4.79 Å². The molecular formula is C17H21NO3S. The Balaban J connectivity index is 2.01. The van der Waals surface area contributed by atoms with Crippen LogP contribution in [-0.4, -0.2) is 43.2 Å². The van der Waals surface area contributed by atoms with Crippen LogP contribution in [0.2, 0.25) is 0 Å². The van der Waals surface area contributed by atoms with E-state index in [0.29, 0.717) is 19.8 Å². The molecule has 0 unspecified atom stereocenters. The first-order valence-corrected chi connectivity index (χ1v) is 8.35. The highest BCUT2D eigenvalue weighted by Crippen LogP contribution is 2.33. The van der Waals surface area contributed by atoms with Crippen LogP contribution in [0.5, 0.6) is 0 Å².